The number of hydrogen-bond donors (Lipinski definition) is 1. The summed E-state index contributed by atoms with van der Waals surface area (Å²) < 4.78 is 2.90. The van der Waals surface area contributed by atoms with E-state index in [1.54, 1.807) is 6.20 Å². The normalized spacial score (nSPS) is 15.4. The Kier molecular flexibility index (Phi) is 5.94. The number of nitrogens with zero attached hydrogens (tertiary/aromatic N) is 4. The van der Waals surface area contributed by atoms with Crippen molar-refractivity contribution in [2.75, 3.05) is 18.4 Å². The van der Waals surface area contributed by atoms with E-state index < -0.39 is 0 Å². The highest BCUT2D eigenvalue weighted by atomic mass is 79.9. The number of aromatic nitrogens is 3. The van der Waals surface area contributed by atoms with Crippen molar-refractivity contribution >= 4 is 39.0 Å². The number of likely N-dealkylation sites (tertiary alicyclic amines) is 1. The number of fused-ring (bicyclic) bond motifs is 1. The molecule has 0 atom stereocenters. The molecule has 31 heavy (non-hydrogen) atoms. The molecule has 1 saturated heterocycles. The zero-order valence-corrected chi connectivity index (χ0v) is 19.4. The van der Waals surface area contributed by atoms with Gasteiger partial charge in [0.05, 0.1) is 16.9 Å². The molecule has 0 bridgehead atoms. The fourth-order valence-corrected chi connectivity index (χ4v) is 4.73. The van der Waals surface area contributed by atoms with Crippen LogP contribution in [0.5, 0.6) is 0 Å². The second-order valence-electron chi connectivity index (χ2n) is 7.91. The molecule has 2 aromatic carbocycles. The van der Waals surface area contributed by atoms with Crippen LogP contribution in [-0.2, 0) is 6.54 Å². The molecule has 1 aliphatic heterocycles. The maximum atomic E-state index is 6.45. The third-order valence-electron chi connectivity index (χ3n) is 5.77. The van der Waals surface area contributed by atoms with Gasteiger partial charge < -0.3 is 5.32 Å². The van der Waals surface area contributed by atoms with Gasteiger partial charge >= 0.3 is 0 Å². The van der Waals surface area contributed by atoms with Crippen LogP contribution in [0.1, 0.15) is 18.4 Å². The number of halogens is 2. The van der Waals surface area contributed by atoms with Crippen molar-refractivity contribution in [3.05, 3.63) is 82.2 Å². The van der Waals surface area contributed by atoms with E-state index in [9.17, 15) is 0 Å². The van der Waals surface area contributed by atoms with Crippen LogP contribution in [0, 0.1) is 0 Å². The van der Waals surface area contributed by atoms with Gasteiger partial charge in [-0.25, -0.2) is 9.97 Å². The van der Waals surface area contributed by atoms with Gasteiger partial charge in [0.2, 0.25) is 0 Å². The summed E-state index contributed by atoms with van der Waals surface area (Å²) in [4.78, 5) is 12.0. The van der Waals surface area contributed by atoms with E-state index in [0.717, 1.165) is 59.8 Å². The molecule has 0 radical (unpaired) electrons. The lowest BCUT2D eigenvalue weighted by molar-refractivity contribution is 0.211. The zero-order chi connectivity index (χ0) is 21.2. The first kappa shape index (κ1) is 20.5. The summed E-state index contributed by atoms with van der Waals surface area (Å²) >= 11 is 10.0. The van der Waals surface area contributed by atoms with Crippen LogP contribution < -0.4 is 5.32 Å². The molecule has 3 heterocycles. The molecule has 0 amide bonds. The van der Waals surface area contributed by atoms with Gasteiger partial charge in [-0.05, 0) is 40.4 Å². The molecule has 1 aliphatic rings. The van der Waals surface area contributed by atoms with Crippen LogP contribution in [0.2, 0.25) is 5.02 Å². The van der Waals surface area contributed by atoms with Crippen LogP contribution in [0.3, 0.4) is 0 Å². The minimum Gasteiger partial charge on any atom is -0.364 e. The van der Waals surface area contributed by atoms with Gasteiger partial charge in [-0.2, -0.15) is 0 Å². The summed E-state index contributed by atoms with van der Waals surface area (Å²) in [5.41, 5.74) is 3.91. The highest BCUT2D eigenvalue weighted by Crippen LogP contribution is 2.30. The van der Waals surface area contributed by atoms with Crippen molar-refractivity contribution in [2.45, 2.75) is 25.4 Å². The average molecular weight is 497 g/mol. The summed E-state index contributed by atoms with van der Waals surface area (Å²) in [7, 11) is 0. The Balaban J connectivity index is 1.35. The lowest BCUT2D eigenvalue weighted by Gasteiger charge is -2.32. The number of nitrogens with one attached hydrogen (secondary N) is 1. The van der Waals surface area contributed by atoms with Gasteiger partial charge in [-0.3, -0.25) is 9.30 Å². The van der Waals surface area contributed by atoms with E-state index in [2.05, 4.69) is 61.5 Å². The molecule has 1 N–H and O–H groups in total. The molecule has 5 rings (SSSR count). The maximum Gasteiger partial charge on any atom is 0.181 e. The summed E-state index contributed by atoms with van der Waals surface area (Å²) in [5, 5.41) is 4.35. The van der Waals surface area contributed by atoms with Crippen LogP contribution >= 0.6 is 27.5 Å². The van der Waals surface area contributed by atoms with Crippen molar-refractivity contribution in [3.63, 3.8) is 0 Å². The zero-order valence-electron chi connectivity index (χ0n) is 17.0. The van der Waals surface area contributed by atoms with E-state index in [4.69, 9.17) is 16.6 Å². The summed E-state index contributed by atoms with van der Waals surface area (Å²) in [6, 6.07) is 18.8. The molecule has 1 fully saturated rings. The number of rotatable bonds is 5. The van der Waals surface area contributed by atoms with E-state index in [1.165, 1.54) is 5.56 Å². The fraction of sp³-hybridized carbons (Fsp3) is 0.250. The Morgan fingerprint density at radius 3 is 2.55 bits per heavy atom. The fourth-order valence-electron chi connectivity index (χ4n) is 4.13. The molecule has 5 nitrogen and oxygen atoms in total. The molecule has 7 heteroatoms. The molecule has 0 unspecified atom stereocenters. The Morgan fingerprint density at radius 2 is 1.77 bits per heavy atom. The molecule has 158 valence electrons. The van der Waals surface area contributed by atoms with Crippen LogP contribution in [0.4, 0.5) is 5.82 Å². The molecular formula is C24H23BrClN5. The Labute approximate surface area is 195 Å². The molecule has 0 aliphatic carbocycles. The van der Waals surface area contributed by atoms with Crippen molar-refractivity contribution in [2.24, 2.45) is 0 Å². The first-order valence-electron chi connectivity index (χ1n) is 10.5. The lowest BCUT2D eigenvalue weighted by atomic mass is 10.0. The smallest absolute Gasteiger partial charge is 0.181 e. The third-order valence-corrected chi connectivity index (χ3v) is 6.69. The standard InChI is InChI=1S/C24H23BrClN5/c25-22-14-27-24-23(29-21(16-31(22)24)19-8-4-5-9-20(19)26)28-18-10-12-30(13-11-18)15-17-6-2-1-3-7-17/h1-9,14,16,18H,10-13,15H2,(H,28,29). The SMILES string of the molecule is Clc1ccccc1-c1cn2c(Br)cnc2c(NC2CCN(Cc3ccccc3)CC2)n1. The molecule has 0 spiro atoms. The number of imidazole rings is 1. The van der Waals surface area contributed by atoms with Gasteiger partial charge in [-0.15, -0.1) is 0 Å². The van der Waals surface area contributed by atoms with E-state index in [0.29, 0.717) is 11.1 Å². The highest BCUT2D eigenvalue weighted by Gasteiger charge is 2.21. The third kappa shape index (κ3) is 4.47. The summed E-state index contributed by atoms with van der Waals surface area (Å²) in [5.74, 6) is 0.796. The number of piperidine rings is 1. The van der Waals surface area contributed by atoms with E-state index in [-0.39, 0.29) is 0 Å². The van der Waals surface area contributed by atoms with Gasteiger partial charge in [0.25, 0.3) is 0 Å². The second-order valence-corrected chi connectivity index (χ2v) is 9.13. The number of hydrogen-bond acceptors (Lipinski definition) is 4. The Hall–Kier alpha value is -2.41. The Bertz CT molecular complexity index is 1190. The van der Waals surface area contributed by atoms with Gasteiger partial charge in [0.1, 0.15) is 4.60 Å². The average Bonchev–Trinajstić information content (AvgIpc) is 3.17. The predicted octanol–water partition coefficient (Wildman–Crippen LogP) is 5.89. The highest BCUT2D eigenvalue weighted by molar-refractivity contribution is 9.10. The maximum absolute atomic E-state index is 6.45. The van der Waals surface area contributed by atoms with Crippen molar-refractivity contribution in [1.29, 1.82) is 0 Å². The predicted molar refractivity (Wildman–Crippen MR) is 129 cm³/mol. The lowest BCUT2D eigenvalue weighted by Crippen LogP contribution is -2.38. The first-order valence-corrected chi connectivity index (χ1v) is 11.7. The van der Waals surface area contributed by atoms with Gasteiger partial charge in [0, 0.05) is 37.4 Å². The van der Waals surface area contributed by atoms with Gasteiger partial charge in [-0.1, -0.05) is 60.1 Å². The molecule has 4 aromatic rings. The number of anilines is 1. The van der Waals surface area contributed by atoms with Crippen LogP contribution in [0.15, 0.2) is 71.6 Å². The second kappa shape index (κ2) is 8.99. The molecule has 2 aromatic heterocycles. The quantitative estimate of drug-likeness (QED) is 0.374. The molecular weight excluding hydrogens is 474 g/mol. The first-order chi connectivity index (χ1) is 15.2. The molecule has 0 saturated carbocycles. The minimum atomic E-state index is 0.361. The summed E-state index contributed by atoms with van der Waals surface area (Å²) in [6.45, 7) is 3.13. The minimum absolute atomic E-state index is 0.361. The van der Waals surface area contributed by atoms with Crippen molar-refractivity contribution in [1.82, 2.24) is 19.3 Å². The Morgan fingerprint density at radius 1 is 1.03 bits per heavy atom. The number of benzene rings is 2. The van der Waals surface area contributed by atoms with Crippen molar-refractivity contribution in [3.8, 4) is 11.3 Å². The van der Waals surface area contributed by atoms with Crippen LogP contribution in [0.25, 0.3) is 16.9 Å². The summed E-state index contributed by atoms with van der Waals surface area (Å²) in [6.07, 6.45) is 5.92. The van der Waals surface area contributed by atoms with E-state index >= 15 is 0 Å². The monoisotopic (exact) mass is 495 g/mol. The van der Waals surface area contributed by atoms with E-state index in [1.807, 2.05) is 34.9 Å². The topological polar surface area (TPSA) is 45.5 Å². The van der Waals surface area contributed by atoms with Crippen molar-refractivity contribution < 1.29 is 0 Å². The van der Waals surface area contributed by atoms with Gasteiger partial charge in [0.15, 0.2) is 11.5 Å². The van der Waals surface area contributed by atoms with Crippen LogP contribution in [-0.4, -0.2) is 38.4 Å². The largest absolute Gasteiger partial charge is 0.364 e.